The average Bonchev–Trinajstić information content (AvgIpc) is 2.30. The van der Waals surface area contributed by atoms with E-state index in [1.807, 2.05) is 0 Å². The van der Waals surface area contributed by atoms with E-state index in [0.717, 1.165) is 12.1 Å². The Bertz CT molecular complexity index is 485. The Balaban J connectivity index is 2.95. The van der Waals surface area contributed by atoms with Crippen LogP contribution in [-0.4, -0.2) is 25.8 Å². The van der Waals surface area contributed by atoms with E-state index in [9.17, 15) is 14.0 Å². The van der Waals surface area contributed by atoms with Gasteiger partial charge in [-0.2, -0.15) is 4.99 Å². The predicted molar refractivity (Wildman–Crippen MR) is 56.7 cm³/mol. The smallest absolute Gasteiger partial charge is 0.343 e. The molecule has 0 radical (unpaired) electrons. The number of rotatable bonds is 4. The number of methoxy groups -OCH3 is 1. The lowest BCUT2D eigenvalue weighted by molar-refractivity contribution is -0.142. The molecule has 0 aromatic heterocycles. The van der Waals surface area contributed by atoms with Crippen LogP contribution in [0.25, 0.3) is 0 Å². The zero-order valence-corrected chi connectivity index (χ0v) is 9.45. The molecule has 0 saturated heterocycles. The zero-order valence-electron chi connectivity index (χ0n) is 8.70. The van der Waals surface area contributed by atoms with Gasteiger partial charge < -0.3 is 9.47 Å². The Labute approximate surface area is 101 Å². The third kappa shape index (κ3) is 3.55. The van der Waals surface area contributed by atoms with Crippen LogP contribution in [0.2, 0.25) is 5.02 Å². The molecule has 1 aromatic carbocycles. The summed E-state index contributed by atoms with van der Waals surface area (Å²) in [7, 11) is 1.19. The summed E-state index contributed by atoms with van der Waals surface area (Å²) in [5.41, 5.74) is -0.274. The maximum atomic E-state index is 13.2. The molecule has 0 saturated carbocycles. The Morgan fingerprint density at radius 2 is 2.29 bits per heavy atom. The van der Waals surface area contributed by atoms with Crippen molar-refractivity contribution in [2.75, 3.05) is 13.7 Å². The van der Waals surface area contributed by atoms with Crippen molar-refractivity contribution in [2.45, 2.75) is 0 Å². The van der Waals surface area contributed by atoms with Crippen molar-refractivity contribution in [3.05, 3.63) is 23.0 Å². The molecule has 17 heavy (non-hydrogen) atoms. The molecule has 0 unspecified atom stereocenters. The van der Waals surface area contributed by atoms with Gasteiger partial charge in [0.15, 0.2) is 12.4 Å². The number of carbonyl (C=O) groups is 1. The number of isocyanates is 1. The van der Waals surface area contributed by atoms with Crippen LogP contribution in [0.4, 0.5) is 10.1 Å². The highest BCUT2D eigenvalue weighted by Gasteiger charge is 2.11. The number of hydrogen-bond donors (Lipinski definition) is 0. The van der Waals surface area contributed by atoms with E-state index in [0.29, 0.717) is 0 Å². The van der Waals surface area contributed by atoms with Gasteiger partial charge >= 0.3 is 5.97 Å². The van der Waals surface area contributed by atoms with E-state index < -0.39 is 11.8 Å². The molecule has 1 aromatic rings. The van der Waals surface area contributed by atoms with E-state index in [-0.39, 0.29) is 23.1 Å². The standard InChI is InChI=1S/C10H7ClFNO4/c1-16-10(15)4-17-9-3-8(13-5-14)7(12)2-6(9)11/h2-3H,4H2,1H3. The van der Waals surface area contributed by atoms with Crippen molar-refractivity contribution in [1.82, 2.24) is 0 Å². The maximum Gasteiger partial charge on any atom is 0.343 e. The van der Waals surface area contributed by atoms with Crippen LogP contribution in [-0.2, 0) is 14.3 Å². The van der Waals surface area contributed by atoms with Crippen molar-refractivity contribution >= 4 is 29.3 Å². The molecule has 0 fully saturated rings. The van der Waals surface area contributed by atoms with Crippen LogP contribution < -0.4 is 4.74 Å². The molecule has 0 heterocycles. The van der Waals surface area contributed by atoms with E-state index in [1.54, 1.807) is 0 Å². The molecule has 7 heteroatoms. The van der Waals surface area contributed by atoms with Gasteiger partial charge in [0.1, 0.15) is 11.4 Å². The van der Waals surface area contributed by atoms with Crippen molar-refractivity contribution in [3.63, 3.8) is 0 Å². The summed E-state index contributed by atoms with van der Waals surface area (Å²) in [6, 6.07) is 2.01. The molecule has 5 nitrogen and oxygen atoms in total. The second kappa shape index (κ2) is 5.98. The molecule has 1 rings (SSSR count). The topological polar surface area (TPSA) is 65.0 Å². The minimum Gasteiger partial charge on any atom is -0.480 e. The van der Waals surface area contributed by atoms with E-state index in [2.05, 4.69) is 9.73 Å². The van der Waals surface area contributed by atoms with Gasteiger partial charge in [0.2, 0.25) is 6.08 Å². The number of halogens is 2. The number of nitrogens with zero attached hydrogens (tertiary/aromatic N) is 1. The number of hydrogen-bond acceptors (Lipinski definition) is 5. The average molecular weight is 260 g/mol. The first-order valence-electron chi connectivity index (χ1n) is 4.35. The quantitative estimate of drug-likeness (QED) is 0.471. The van der Waals surface area contributed by atoms with Crippen LogP contribution >= 0.6 is 11.6 Å². The molecule has 0 aliphatic heterocycles. The lowest BCUT2D eigenvalue weighted by Gasteiger charge is -2.07. The van der Waals surface area contributed by atoms with Crippen LogP contribution in [0, 0.1) is 5.82 Å². The maximum absolute atomic E-state index is 13.2. The van der Waals surface area contributed by atoms with Gasteiger partial charge in [0.25, 0.3) is 0 Å². The number of benzene rings is 1. The van der Waals surface area contributed by atoms with E-state index >= 15 is 0 Å². The molecular formula is C10H7ClFNO4. The summed E-state index contributed by atoms with van der Waals surface area (Å²) >= 11 is 5.67. The Hall–Kier alpha value is -1.91. The van der Waals surface area contributed by atoms with E-state index in [4.69, 9.17) is 16.3 Å². The summed E-state index contributed by atoms with van der Waals surface area (Å²) in [6.45, 7) is -0.383. The molecule has 0 N–H and O–H groups in total. The summed E-state index contributed by atoms with van der Waals surface area (Å²) < 4.78 is 22.5. The number of aliphatic imine (C=N–C) groups is 1. The van der Waals surface area contributed by atoms with E-state index in [1.165, 1.54) is 13.2 Å². The summed E-state index contributed by atoms with van der Waals surface area (Å²) in [6.07, 6.45) is 1.19. The van der Waals surface area contributed by atoms with Crippen molar-refractivity contribution in [1.29, 1.82) is 0 Å². The highest BCUT2D eigenvalue weighted by Crippen LogP contribution is 2.31. The first kappa shape index (κ1) is 13.2. The van der Waals surface area contributed by atoms with Crippen LogP contribution in [0.3, 0.4) is 0 Å². The molecule has 0 spiro atoms. The molecule has 0 aliphatic rings. The number of carbonyl (C=O) groups excluding carboxylic acids is 2. The fourth-order valence-corrected chi connectivity index (χ4v) is 1.16. The minimum atomic E-state index is -0.788. The van der Waals surface area contributed by atoms with Gasteiger partial charge in [-0.05, 0) is 6.07 Å². The Kier molecular flexibility index (Phi) is 4.63. The second-order valence-electron chi connectivity index (χ2n) is 2.80. The largest absolute Gasteiger partial charge is 0.480 e. The summed E-state index contributed by atoms with van der Waals surface area (Å²) in [4.78, 5) is 24.0. The second-order valence-corrected chi connectivity index (χ2v) is 3.21. The summed E-state index contributed by atoms with van der Waals surface area (Å²) in [5, 5.41) is -0.0451. The third-order valence-corrected chi connectivity index (χ3v) is 2.04. The fraction of sp³-hybridized carbons (Fsp3) is 0.200. The molecular weight excluding hydrogens is 253 g/mol. The van der Waals surface area contributed by atoms with Crippen molar-refractivity contribution in [3.8, 4) is 5.75 Å². The van der Waals surface area contributed by atoms with Gasteiger partial charge in [0.05, 0.1) is 12.1 Å². The lowest BCUT2D eigenvalue weighted by atomic mass is 10.3. The monoisotopic (exact) mass is 259 g/mol. The minimum absolute atomic E-state index is 0.0208. The highest BCUT2D eigenvalue weighted by atomic mass is 35.5. The first-order valence-corrected chi connectivity index (χ1v) is 4.72. The number of esters is 1. The highest BCUT2D eigenvalue weighted by molar-refractivity contribution is 6.32. The molecule has 90 valence electrons. The number of ether oxygens (including phenoxy) is 2. The van der Waals surface area contributed by atoms with Crippen molar-refractivity contribution in [2.24, 2.45) is 4.99 Å². The van der Waals surface area contributed by atoms with Gasteiger partial charge in [-0.1, -0.05) is 11.6 Å². The van der Waals surface area contributed by atoms with Gasteiger partial charge in [-0.25, -0.2) is 14.0 Å². The first-order chi connectivity index (χ1) is 8.08. The third-order valence-electron chi connectivity index (χ3n) is 1.74. The van der Waals surface area contributed by atoms with Gasteiger partial charge in [-0.3, -0.25) is 0 Å². The molecule has 0 amide bonds. The molecule has 0 bridgehead atoms. The van der Waals surface area contributed by atoms with Crippen LogP contribution in [0.15, 0.2) is 17.1 Å². The van der Waals surface area contributed by atoms with Crippen molar-refractivity contribution < 1.29 is 23.5 Å². The van der Waals surface area contributed by atoms with Crippen LogP contribution in [0.5, 0.6) is 5.75 Å². The normalized spacial score (nSPS) is 9.35. The SMILES string of the molecule is COC(=O)COc1cc(N=C=O)c(F)cc1Cl. The Morgan fingerprint density at radius 1 is 1.59 bits per heavy atom. The predicted octanol–water partition coefficient (Wildman–Crippen LogP) is 2.00. The molecule has 0 aliphatic carbocycles. The Morgan fingerprint density at radius 3 is 2.88 bits per heavy atom. The fourth-order valence-electron chi connectivity index (χ4n) is 0.959. The van der Waals surface area contributed by atoms with Gasteiger partial charge in [-0.15, -0.1) is 0 Å². The molecule has 0 atom stereocenters. The zero-order chi connectivity index (χ0) is 12.8. The lowest BCUT2D eigenvalue weighted by Crippen LogP contribution is -2.12. The van der Waals surface area contributed by atoms with Gasteiger partial charge in [0, 0.05) is 6.07 Å². The summed E-state index contributed by atoms with van der Waals surface area (Å²) in [5.74, 6) is -1.39. The van der Waals surface area contributed by atoms with Crippen LogP contribution in [0.1, 0.15) is 0 Å².